The number of carbonyl (C=O) groups excluding carboxylic acids is 1. The number of halogens is 2. The van der Waals surface area contributed by atoms with Crippen LogP contribution in [-0.2, 0) is 11.2 Å². The topological polar surface area (TPSA) is 55.1 Å². The van der Waals surface area contributed by atoms with Crippen molar-refractivity contribution in [1.82, 2.24) is 5.32 Å². The van der Waals surface area contributed by atoms with Gasteiger partial charge < -0.3 is 11.1 Å². The Balaban J connectivity index is 2.76. The summed E-state index contributed by atoms with van der Waals surface area (Å²) in [5.41, 5.74) is 5.40. The minimum Gasteiger partial charge on any atom is -0.356 e. The number of benzene rings is 1. The van der Waals surface area contributed by atoms with Crippen LogP contribution < -0.4 is 11.1 Å². The first-order chi connectivity index (χ1) is 8.60. The zero-order chi connectivity index (χ0) is 13.5. The van der Waals surface area contributed by atoms with Gasteiger partial charge in [-0.15, -0.1) is 0 Å². The fourth-order valence-corrected chi connectivity index (χ4v) is 1.65. The molecule has 0 aliphatic rings. The molecule has 3 nitrogen and oxygen atoms in total. The van der Waals surface area contributed by atoms with E-state index in [1.165, 1.54) is 18.2 Å². The van der Waals surface area contributed by atoms with Gasteiger partial charge in [0.2, 0.25) is 5.91 Å². The normalized spacial score (nSPS) is 12.2. The smallest absolute Gasteiger partial charge is 0.224 e. The quantitative estimate of drug-likeness (QED) is 0.812. The highest BCUT2D eigenvalue weighted by Crippen LogP contribution is 2.16. The maximum Gasteiger partial charge on any atom is 0.224 e. The van der Waals surface area contributed by atoms with Crippen LogP contribution in [0.3, 0.4) is 0 Å². The number of hydrogen-bond acceptors (Lipinski definition) is 2. The minimum atomic E-state index is -0.642. The highest BCUT2D eigenvalue weighted by atomic mass is 19.1. The summed E-state index contributed by atoms with van der Waals surface area (Å²) in [5.74, 6) is -2.15. The molecule has 0 spiro atoms. The first kappa shape index (κ1) is 14.6. The zero-order valence-corrected chi connectivity index (χ0v) is 10.4. The second-order valence-electron chi connectivity index (χ2n) is 4.13. The van der Waals surface area contributed by atoms with Crippen LogP contribution in [0.5, 0.6) is 0 Å². The van der Waals surface area contributed by atoms with Crippen LogP contribution in [-0.4, -0.2) is 19.0 Å². The van der Waals surface area contributed by atoms with Crippen molar-refractivity contribution in [2.75, 3.05) is 13.1 Å². The average molecular weight is 256 g/mol. The van der Waals surface area contributed by atoms with Crippen molar-refractivity contribution in [3.63, 3.8) is 0 Å². The van der Waals surface area contributed by atoms with Crippen LogP contribution in [0.1, 0.15) is 18.9 Å². The van der Waals surface area contributed by atoms with Crippen LogP contribution in [0.15, 0.2) is 18.2 Å². The summed E-state index contributed by atoms with van der Waals surface area (Å²) < 4.78 is 26.9. The van der Waals surface area contributed by atoms with E-state index in [-0.39, 0.29) is 24.4 Å². The molecular formula is C13H18F2N2O. The van der Waals surface area contributed by atoms with E-state index in [1.54, 1.807) is 0 Å². The van der Waals surface area contributed by atoms with Gasteiger partial charge in [0.1, 0.15) is 11.6 Å². The lowest BCUT2D eigenvalue weighted by Crippen LogP contribution is -2.37. The fraction of sp³-hybridized carbons (Fsp3) is 0.462. The largest absolute Gasteiger partial charge is 0.356 e. The predicted molar refractivity (Wildman–Crippen MR) is 65.9 cm³/mol. The summed E-state index contributed by atoms with van der Waals surface area (Å²) in [5, 5.41) is 2.68. The van der Waals surface area contributed by atoms with Crippen molar-refractivity contribution in [2.45, 2.75) is 19.8 Å². The zero-order valence-electron chi connectivity index (χ0n) is 10.4. The van der Waals surface area contributed by atoms with Crippen LogP contribution >= 0.6 is 0 Å². The SMILES string of the molecule is CCCNC(=O)C(CN)Cc1c(F)cccc1F. The Morgan fingerprint density at radius 2 is 2.00 bits per heavy atom. The molecule has 1 aromatic rings. The lowest BCUT2D eigenvalue weighted by molar-refractivity contribution is -0.124. The maximum atomic E-state index is 13.5. The van der Waals surface area contributed by atoms with Crippen molar-refractivity contribution < 1.29 is 13.6 Å². The fourth-order valence-electron chi connectivity index (χ4n) is 1.65. The molecule has 18 heavy (non-hydrogen) atoms. The molecule has 5 heteroatoms. The molecule has 0 aromatic heterocycles. The number of rotatable bonds is 6. The van der Waals surface area contributed by atoms with Gasteiger partial charge in [-0.05, 0) is 25.0 Å². The number of nitrogens with two attached hydrogens (primary N) is 1. The van der Waals surface area contributed by atoms with E-state index < -0.39 is 17.6 Å². The average Bonchev–Trinajstić information content (AvgIpc) is 2.35. The monoisotopic (exact) mass is 256 g/mol. The van der Waals surface area contributed by atoms with E-state index in [2.05, 4.69) is 5.32 Å². The molecule has 0 fully saturated rings. The van der Waals surface area contributed by atoms with Gasteiger partial charge in [0.05, 0.1) is 5.92 Å². The van der Waals surface area contributed by atoms with Crippen molar-refractivity contribution in [2.24, 2.45) is 11.7 Å². The Bertz CT molecular complexity index is 390. The molecule has 1 atom stereocenters. The molecule has 1 unspecified atom stereocenters. The number of amides is 1. The molecule has 3 N–H and O–H groups in total. The first-order valence-electron chi connectivity index (χ1n) is 6.00. The molecule has 0 bridgehead atoms. The van der Waals surface area contributed by atoms with Crippen molar-refractivity contribution in [3.8, 4) is 0 Å². The van der Waals surface area contributed by atoms with Gasteiger partial charge >= 0.3 is 0 Å². The predicted octanol–water partition coefficient (Wildman–Crippen LogP) is 1.61. The highest BCUT2D eigenvalue weighted by molar-refractivity contribution is 5.79. The molecule has 0 radical (unpaired) electrons. The number of carbonyl (C=O) groups is 1. The molecule has 100 valence electrons. The lowest BCUT2D eigenvalue weighted by atomic mass is 9.97. The van der Waals surface area contributed by atoms with Crippen LogP contribution in [0.25, 0.3) is 0 Å². The Kier molecular flexibility index (Phi) is 5.71. The van der Waals surface area contributed by atoms with E-state index in [0.29, 0.717) is 6.54 Å². The molecular weight excluding hydrogens is 238 g/mol. The van der Waals surface area contributed by atoms with E-state index in [4.69, 9.17) is 5.73 Å². The number of nitrogens with one attached hydrogen (secondary N) is 1. The molecule has 0 aliphatic carbocycles. The van der Waals surface area contributed by atoms with E-state index >= 15 is 0 Å². The van der Waals surface area contributed by atoms with E-state index in [9.17, 15) is 13.6 Å². The Labute approximate surface area is 105 Å². The first-order valence-corrected chi connectivity index (χ1v) is 6.00. The van der Waals surface area contributed by atoms with Gasteiger partial charge in [0, 0.05) is 18.7 Å². The third kappa shape index (κ3) is 3.77. The summed E-state index contributed by atoms with van der Waals surface area (Å²) in [4.78, 5) is 11.7. The third-order valence-electron chi connectivity index (χ3n) is 2.72. The summed E-state index contributed by atoms with van der Waals surface area (Å²) >= 11 is 0. The van der Waals surface area contributed by atoms with Crippen molar-refractivity contribution >= 4 is 5.91 Å². The van der Waals surface area contributed by atoms with Crippen LogP contribution in [0.2, 0.25) is 0 Å². The molecule has 1 rings (SSSR count). The van der Waals surface area contributed by atoms with E-state index in [1.807, 2.05) is 6.92 Å². The van der Waals surface area contributed by atoms with E-state index in [0.717, 1.165) is 6.42 Å². The van der Waals surface area contributed by atoms with Gasteiger partial charge in [-0.1, -0.05) is 13.0 Å². The van der Waals surface area contributed by atoms with Crippen molar-refractivity contribution in [3.05, 3.63) is 35.4 Å². The Morgan fingerprint density at radius 3 is 2.50 bits per heavy atom. The van der Waals surface area contributed by atoms with Gasteiger partial charge in [0.15, 0.2) is 0 Å². The van der Waals surface area contributed by atoms with Gasteiger partial charge in [-0.2, -0.15) is 0 Å². The third-order valence-corrected chi connectivity index (χ3v) is 2.72. The van der Waals surface area contributed by atoms with Gasteiger partial charge in [-0.25, -0.2) is 8.78 Å². The summed E-state index contributed by atoms with van der Waals surface area (Å²) in [6.45, 7) is 2.52. The van der Waals surface area contributed by atoms with Gasteiger partial charge in [0.25, 0.3) is 0 Å². The molecule has 1 amide bonds. The summed E-state index contributed by atoms with van der Waals surface area (Å²) in [7, 11) is 0. The second kappa shape index (κ2) is 7.06. The lowest BCUT2D eigenvalue weighted by Gasteiger charge is -2.15. The molecule has 1 aromatic carbocycles. The Hall–Kier alpha value is -1.49. The molecule has 0 aliphatic heterocycles. The maximum absolute atomic E-state index is 13.5. The summed E-state index contributed by atoms with van der Waals surface area (Å²) in [6.07, 6.45) is 0.779. The van der Waals surface area contributed by atoms with Gasteiger partial charge in [-0.3, -0.25) is 4.79 Å². The van der Waals surface area contributed by atoms with Crippen LogP contribution in [0.4, 0.5) is 8.78 Å². The van der Waals surface area contributed by atoms with Crippen molar-refractivity contribution in [1.29, 1.82) is 0 Å². The van der Waals surface area contributed by atoms with Crippen LogP contribution in [0, 0.1) is 17.6 Å². The number of hydrogen-bond donors (Lipinski definition) is 2. The molecule has 0 saturated carbocycles. The molecule has 0 saturated heterocycles. The minimum absolute atomic E-state index is 0.0233. The summed E-state index contributed by atoms with van der Waals surface area (Å²) in [6, 6.07) is 3.65. The highest BCUT2D eigenvalue weighted by Gasteiger charge is 2.20. The molecule has 0 heterocycles. The second-order valence-corrected chi connectivity index (χ2v) is 4.13. The standard InChI is InChI=1S/C13H18F2N2O/c1-2-6-17-13(18)9(8-16)7-10-11(14)4-3-5-12(10)15/h3-5,9H,2,6-8,16H2,1H3,(H,17,18). The Morgan fingerprint density at radius 1 is 1.39 bits per heavy atom.